The lowest BCUT2D eigenvalue weighted by Crippen LogP contribution is -2.08. The number of sulfone groups is 1. The maximum atomic E-state index is 13.6. The SMILES string of the molecule is Cc1nc(-c2ccc(OC(F)F)cc2)c(-c2cc(-c3ccc(CO)c(S(C)(=O)=O)c3)ccc2-n2nc(C(F)(F)F)cc2C)o1. The average Bonchev–Trinajstić information content (AvgIpc) is 3.54. The van der Waals surface area contributed by atoms with Gasteiger partial charge in [-0.15, -0.1) is 0 Å². The minimum Gasteiger partial charge on any atom is -0.440 e. The van der Waals surface area contributed by atoms with E-state index in [1.807, 2.05) is 0 Å². The lowest BCUT2D eigenvalue weighted by molar-refractivity contribution is -0.141. The van der Waals surface area contributed by atoms with Gasteiger partial charge in [0.1, 0.15) is 11.4 Å². The molecule has 0 bridgehead atoms. The van der Waals surface area contributed by atoms with Crippen molar-refractivity contribution in [1.29, 1.82) is 0 Å². The fourth-order valence-corrected chi connectivity index (χ4v) is 5.70. The first-order chi connectivity index (χ1) is 20.7. The Morgan fingerprint density at radius 1 is 0.955 bits per heavy atom. The number of aryl methyl sites for hydroxylation is 2. The Morgan fingerprint density at radius 3 is 2.18 bits per heavy atom. The monoisotopic (exact) mass is 633 g/mol. The zero-order chi connectivity index (χ0) is 32.0. The normalized spacial score (nSPS) is 12.2. The fourth-order valence-electron chi connectivity index (χ4n) is 4.75. The Hall–Kier alpha value is -4.56. The van der Waals surface area contributed by atoms with Crippen LogP contribution in [0.3, 0.4) is 0 Å². The molecule has 0 fully saturated rings. The van der Waals surface area contributed by atoms with Gasteiger partial charge in [0.25, 0.3) is 0 Å². The van der Waals surface area contributed by atoms with Crippen LogP contribution in [0.2, 0.25) is 0 Å². The first kappa shape index (κ1) is 30.9. The number of alkyl halides is 5. The highest BCUT2D eigenvalue weighted by molar-refractivity contribution is 7.90. The van der Waals surface area contributed by atoms with Gasteiger partial charge in [-0.3, -0.25) is 0 Å². The molecule has 44 heavy (non-hydrogen) atoms. The summed E-state index contributed by atoms with van der Waals surface area (Å²) in [6.07, 6.45) is -3.69. The molecule has 14 heteroatoms. The number of benzene rings is 3. The van der Waals surface area contributed by atoms with E-state index in [9.17, 15) is 35.5 Å². The van der Waals surface area contributed by atoms with E-state index in [4.69, 9.17) is 4.42 Å². The van der Waals surface area contributed by atoms with E-state index >= 15 is 0 Å². The van der Waals surface area contributed by atoms with Gasteiger partial charge in [-0.2, -0.15) is 27.1 Å². The first-order valence-corrected chi connectivity index (χ1v) is 14.8. The van der Waals surface area contributed by atoms with Gasteiger partial charge in [0.15, 0.2) is 27.2 Å². The van der Waals surface area contributed by atoms with Crippen LogP contribution in [-0.4, -0.2) is 41.2 Å². The lowest BCUT2D eigenvalue weighted by atomic mass is 9.97. The zero-order valence-corrected chi connectivity index (χ0v) is 24.2. The van der Waals surface area contributed by atoms with Gasteiger partial charge >= 0.3 is 12.8 Å². The summed E-state index contributed by atoms with van der Waals surface area (Å²) in [6, 6.07) is 15.7. The molecule has 5 aromatic rings. The van der Waals surface area contributed by atoms with Gasteiger partial charge in [0.2, 0.25) is 0 Å². The van der Waals surface area contributed by atoms with E-state index < -0.39 is 34.9 Å². The van der Waals surface area contributed by atoms with Crippen molar-refractivity contribution in [1.82, 2.24) is 14.8 Å². The summed E-state index contributed by atoms with van der Waals surface area (Å²) in [5, 5.41) is 13.5. The van der Waals surface area contributed by atoms with Crippen molar-refractivity contribution in [3.8, 4) is 45.1 Å². The molecule has 3 aromatic carbocycles. The second-order valence-electron chi connectivity index (χ2n) is 9.88. The summed E-state index contributed by atoms with van der Waals surface area (Å²) in [4.78, 5) is 4.37. The number of hydrogen-bond acceptors (Lipinski definition) is 7. The fraction of sp³-hybridized carbons (Fsp3) is 0.200. The zero-order valence-electron chi connectivity index (χ0n) is 23.4. The molecule has 0 spiro atoms. The van der Waals surface area contributed by atoms with Gasteiger partial charge in [0.05, 0.1) is 17.2 Å². The summed E-state index contributed by atoms with van der Waals surface area (Å²) in [7, 11) is -3.72. The standard InChI is InChI=1S/C30H24F5N3O5S/c1-16-12-26(30(33,34)35)37-38(16)24-11-8-19(20-4-5-21(15-39)25(14-20)44(3,40)41)13-23(24)28-27(36-17(2)42-28)18-6-9-22(10-7-18)43-29(31)32/h4-14,29,39H,15H2,1-3H3. The van der Waals surface area contributed by atoms with E-state index in [1.165, 1.54) is 49.4 Å². The van der Waals surface area contributed by atoms with Crippen molar-refractivity contribution in [3.63, 3.8) is 0 Å². The quantitative estimate of drug-likeness (QED) is 0.184. The van der Waals surface area contributed by atoms with Gasteiger partial charge in [0, 0.05) is 30.0 Å². The smallest absolute Gasteiger partial charge is 0.435 e. The first-order valence-electron chi connectivity index (χ1n) is 12.9. The minimum atomic E-state index is -4.71. The van der Waals surface area contributed by atoms with Crippen molar-refractivity contribution < 1.29 is 44.6 Å². The summed E-state index contributed by atoms with van der Waals surface area (Å²) >= 11 is 0. The van der Waals surface area contributed by atoms with E-state index in [-0.39, 0.29) is 50.5 Å². The molecule has 0 aliphatic rings. The molecule has 5 rings (SSSR count). The predicted octanol–water partition coefficient (Wildman–Crippen LogP) is 6.99. The maximum absolute atomic E-state index is 13.6. The number of rotatable bonds is 8. The van der Waals surface area contributed by atoms with E-state index in [0.717, 1.165) is 17.0 Å². The van der Waals surface area contributed by atoms with E-state index in [1.54, 1.807) is 25.1 Å². The van der Waals surface area contributed by atoms with Crippen LogP contribution in [0, 0.1) is 13.8 Å². The van der Waals surface area contributed by atoms with Crippen LogP contribution < -0.4 is 4.74 Å². The molecule has 0 saturated carbocycles. The van der Waals surface area contributed by atoms with Crippen LogP contribution in [0.4, 0.5) is 22.0 Å². The average molecular weight is 634 g/mol. The highest BCUT2D eigenvalue weighted by Gasteiger charge is 2.35. The summed E-state index contributed by atoms with van der Waals surface area (Å²) in [5.74, 6) is 0.257. The number of halogens is 5. The summed E-state index contributed by atoms with van der Waals surface area (Å²) in [5.41, 5.74) is 1.34. The second-order valence-corrected chi connectivity index (χ2v) is 11.9. The number of aliphatic hydroxyl groups is 1. The topological polar surface area (TPSA) is 107 Å². The number of ether oxygens (including phenoxy) is 1. The van der Waals surface area contributed by atoms with Gasteiger partial charge in [-0.1, -0.05) is 18.2 Å². The van der Waals surface area contributed by atoms with Crippen molar-refractivity contribution in [2.24, 2.45) is 0 Å². The van der Waals surface area contributed by atoms with Crippen molar-refractivity contribution in [2.45, 2.75) is 38.1 Å². The third-order valence-electron chi connectivity index (χ3n) is 6.70. The van der Waals surface area contributed by atoms with Gasteiger partial charge in [-0.05, 0) is 72.1 Å². The van der Waals surface area contributed by atoms with Crippen LogP contribution in [0.15, 0.2) is 76.0 Å². The Kier molecular flexibility index (Phi) is 8.07. The summed E-state index contributed by atoms with van der Waals surface area (Å²) < 4.78 is 102. The molecule has 2 heterocycles. The third kappa shape index (κ3) is 6.21. The second kappa shape index (κ2) is 11.5. The van der Waals surface area contributed by atoms with Crippen LogP contribution in [0.5, 0.6) is 5.75 Å². The molecule has 0 atom stereocenters. The molecule has 0 saturated heterocycles. The molecule has 0 aliphatic carbocycles. The number of oxazole rings is 1. The Morgan fingerprint density at radius 2 is 1.59 bits per heavy atom. The summed E-state index contributed by atoms with van der Waals surface area (Å²) in [6.45, 7) is -0.503. The van der Waals surface area contributed by atoms with Crippen LogP contribution in [0.25, 0.3) is 39.4 Å². The molecular weight excluding hydrogens is 609 g/mol. The number of aliphatic hydroxyl groups excluding tert-OH is 1. The molecule has 1 N–H and O–H groups in total. The molecular formula is C30H24F5N3O5S. The van der Waals surface area contributed by atoms with Crippen molar-refractivity contribution >= 4 is 9.84 Å². The number of hydrogen-bond donors (Lipinski definition) is 1. The molecule has 0 aliphatic heterocycles. The van der Waals surface area contributed by atoms with Crippen LogP contribution >= 0.6 is 0 Å². The van der Waals surface area contributed by atoms with Crippen molar-refractivity contribution in [2.75, 3.05) is 6.26 Å². The van der Waals surface area contributed by atoms with E-state index in [0.29, 0.717) is 16.7 Å². The predicted molar refractivity (Wildman–Crippen MR) is 150 cm³/mol. The Labute approximate surface area is 248 Å². The lowest BCUT2D eigenvalue weighted by Gasteiger charge is -2.15. The molecule has 230 valence electrons. The molecule has 2 aromatic heterocycles. The van der Waals surface area contributed by atoms with Crippen LogP contribution in [-0.2, 0) is 22.6 Å². The third-order valence-corrected chi connectivity index (χ3v) is 7.88. The maximum Gasteiger partial charge on any atom is 0.435 e. The Bertz CT molecular complexity index is 1950. The van der Waals surface area contributed by atoms with Gasteiger partial charge in [-0.25, -0.2) is 18.1 Å². The largest absolute Gasteiger partial charge is 0.440 e. The molecule has 8 nitrogen and oxygen atoms in total. The van der Waals surface area contributed by atoms with Crippen molar-refractivity contribution in [3.05, 3.63) is 89.6 Å². The molecule has 0 amide bonds. The molecule has 0 radical (unpaired) electrons. The van der Waals surface area contributed by atoms with E-state index in [2.05, 4.69) is 14.8 Å². The molecule has 0 unspecified atom stereocenters. The Balaban J connectivity index is 1.74. The number of aromatic nitrogens is 3. The highest BCUT2D eigenvalue weighted by atomic mass is 32.2. The highest BCUT2D eigenvalue weighted by Crippen LogP contribution is 2.40. The minimum absolute atomic E-state index is 0.0804. The van der Waals surface area contributed by atoms with Gasteiger partial charge < -0.3 is 14.3 Å². The van der Waals surface area contributed by atoms with Crippen LogP contribution in [0.1, 0.15) is 22.8 Å². The number of nitrogens with zero attached hydrogens (tertiary/aromatic N) is 3.